The first-order valence-corrected chi connectivity index (χ1v) is 10.1. The minimum atomic E-state index is -0.346. The van der Waals surface area contributed by atoms with Crippen LogP contribution >= 0.6 is 11.3 Å². The zero-order chi connectivity index (χ0) is 18.5. The van der Waals surface area contributed by atoms with Crippen LogP contribution in [0.4, 0.5) is 0 Å². The molecule has 0 atom stereocenters. The molecule has 1 fully saturated rings. The van der Waals surface area contributed by atoms with Crippen molar-refractivity contribution in [2.45, 2.75) is 58.4 Å². The molecule has 0 unspecified atom stereocenters. The van der Waals surface area contributed by atoms with E-state index < -0.39 is 0 Å². The number of thiazole rings is 1. The number of fused-ring (bicyclic) bond motifs is 1. The number of ether oxygens (including phenoxy) is 1. The average molecular weight is 375 g/mol. The van der Waals surface area contributed by atoms with Crippen molar-refractivity contribution in [3.63, 3.8) is 0 Å². The van der Waals surface area contributed by atoms with Gasteiger partial charge in [0, 0.05) is 6.42 Å². The number of methoxy groups -OCH3 is 1. The number of benzene rings is 1. The van der Waals surface area contributed by atoms with Gasteiger partial charge < -0.3 is 9.30 Å². The average Bonchev–Trinajstić information content (AvgIpc) is 2.96. The molecule has 26 heavy (non-hydrogen) atoms. The molecule has 0 aliphatic heterocycles. The van der Waals surface area contributed by atoms with Crippen molar-refractivity contribution in [3.8, 4) is 0 Å². The molecule has 6 heteroatoms. The Morgan fingerprint density at radius 3 is 2.77 bits per heavy atom. The van der Waals surface area contributed by atoms with Crippen LogP contribution in [0.25, 0.3) is 10.2 Å². The summed E-state index contributed by atoms with van der Waals surface area (Å²) in [5.41, 5.74) is 2.05. The number of nitrogens with zero attached hydrogens (tertiary/aromatic N) is 2. The fourth-order valence-corrected chi connectivity index (χ4v) is 4.72. The summed E-state index contributed by atoms with van der Waals surface area (Å²) in [4.78, 5) is 29.1. The van der Waals surface area contributed by atoms with E-state index >= 15 is 0 Å². The van der Waals surface area contributed by atoms with E-state index in [0.29, 0.717) is 17.1 Å². The smallest absolute Gasteiger partial charge is 0.325 e. The Morgan fingerprint density at radius 2 is 2.04 bits per heavy atom. The molecule has 0 spiro atoms. The van der Waals surface area contributed by atoms with E-state index in [1.807, 2.05) is 19.1 Å². The van der Waals surface area contributed by atoms with E-state index in [0.717, 1.165) is 22.2 Å². The first-order chi connectivity index (χ1) is 12.6. The van der Waals surface area contributed by atoms with Crippen LogP contribution in [-0.4, -0.2) is 23.6 Å². The lowest BCUT2D eigenvalue weighted by atomic mass is 9.86. The van der Waals surface area contributed by atoms with Crippen LogP contribution in [0.3, 0.4) is 0 Å². The molecule has 1 heterocycles. The number of hydrogen-bond donors (Lipinski definition) is 0. The highest BCUT2D eigenvalue weighted by molar-refractivity contribution is 7.16. The van der Waals surface area contributed by atoms with E-state index in [1.54, 1.807) is 4.57 Å². The van der Waals surface area contributed by atoms with E-state index in [2.05, 4.69) is 11.1 Å². The summed E-state index contributed by atoms with van der Waals surface area (Å²) in [7, 11) is 1.37. The van der Waals surface area contributed by atoms with Crippen molar-refractivity contribution in [2.24, 2.45) is 10.9 Å². The van der Waals surface area contributed by atoms with Gasteiger partial charge in [-0.05, 0) is 37.0 Å². The summed E-state index contributed by atoms with van der Waals surface area (Å²) in [6, 6.07) is 6.02. The van der Waals surface area contributed by atoms with Gasteiger partial charge >= 0.3 is 5.97 Å². The number of carbonyl (C=O) groups excluding carboxylic acids is 2. The van der Waals surface area contributed by atoms with Gasteiger partial charge in [0.1, 0.15) is 6.54 Å². The molecule has 3 rings (SSSR count). The Kier molecular flexibility index (Phi) is 6.25. The van der Waals surface area contributed by atoms with Gasteiger partial charge in [-0.3, -0.25) is 9.59 Å². The van der Waals surface area contributed by atoms with E-state index in [9.17, 15) is 9.59 Å². The van der Waals surface area contributed by atoms with Gasteiger partial charge in [-0.15, -0.1) is 0 Å². The zero-order valence-corrected chi connectivity index (χ0v) is 16.3. The minimum Gasteiger partial charge on any atom is -0.468 e. The lowest BCUT2D eigenvalue weighted by Gasteiger charge is -2.20. The largest absolute Gasteiger partial charge is 0.468 e. The number of hydrogen-bond acceptors (Lipinski definition) is 4. The highest BCUT2D eigenvalue weighted by Gasteiger charge is 2.16. The monoisotopic (exact) mass is 374 g/mol. The lowest BCUT2D eigenvalue weighted by Crippen LogP contribution is -2.22. The maximum absolute atomic E-state index is 12.4. The normalized spacial score (nSPS) is 16.2. The maximum Gasteiger partial charge on any atom is 0.325 e. The predicted octanol–water partition coefficient (Wildman–Crippen LogP) is 3.97. The van der Waals surface area contributed by atoms with Gasteiger partial charge in [0.05, 0.1) is 17.3 Å². The van der Waals surface area contributed by atoms with Crippen molar-refractivity contribution < 1.29 is 14.3 Å². The third kappa shape index (κ3) is 4.61. The fraction of sp³-hybridized carbons (Fsp3) is 0.550. The van der Waals surface area contributed by atoms with Crippen molar-refractivity contribution in [1.82, 2.24) is 4.57 Å². The van der Waals surface area contributed by atoms with Gasteiger partial charge in [0.2, 0.25) is 5.91 Å². The third-order valence-corrected chi connectivity index (χ3v) is 6.11. The Hall–Kier alpha value is -1.95. The number of aromatic nitrogens is 1. The Balaban J connectivity index is 1.84. The lowest BCUT2D eigenvalue weighted by molar-refractivity contribution is -0.141. The molecule has 0 radical (unpaired) electrons. The molecule has 2 aromatic rings. The van der Waals surface area contributed by atoms with Crippen LogP contribution < -0.4 is 4.80 Å². The second-order valence-electron chi connectivity index (χ2n) is 7.07. The first kappa shape index (κ1) is 18.8. The quantitative estimate of drug-likeness (QED) is 0.744. The third-order valence-electron chi connectivity index (χ3n) is 5.06. The Bertz CT molecular complexity index is 860. The summed E-state index contributed by atoms with van der Waals surface area (Å²) in [5, 5.41) is 0. The molecule has 1 aliphatic carbocycles. The van der Waals surface area contributed by atoms with Gasteiger partial charge in [0.25, 0.3) is 0 Å². The molecular weight excluding hydrogens is 348 g/mol. The second kappa shape index (κ2) is 8.62. The highest BCUT2D eigenvalue weighted by Crippen LogP contribution is 2.27. The molecule has 5 nitrogen and oxygen atoms in total. The van der Waals surface area contributed by atoms with Crippen LogP contribution in [0.15, 0.2) is 23.2 Å². The number of rotatable bonds is 5. The zero-order valence-electron chi connectivity index (χ0n) is 15.5. The van der Waals surface area contributed by atoms with Crippen LogP contribution in [0.5, 0.6) is 0 Å². The van der Waals surface area contributed by atoms with Gasteiger partial charge in [0.15, 0.2) is 4.80 Å². The SMILES string of the molecule is COC(=O)Cn1c(=NC(=O)CCC2CCCCC2)sc2cc(C)ccc21. The summed E-state index contributed by atoms with van der Waals surface area (Å²) in [6.45, 7) is 2.09. The van der Waals surface area contributed by atoms with Gasteiger partial charge in [-0.1, -0.05) is 49.5 Å². The number of esters is 1. The van der Waals surface area contributed by atoms with Crippen molar-refractivity contribution in [1.29, 1.82) is 0 Å². The van der Waals surface area contributed by atoms with E-state index in [1.165, 1.54) is 50.6 Å². The molecule has 1 amide bonds. The maximum atomic E-state index is 12.4. The predicted molar refractivity (Wildman–Crippen MR) is 103 cm³/mol. The van der Waals surface area contributed by atoms with Crippen LogP contribution in [0.1, 0.15) is 50.5 Å². The van der Waals surface area contributed by atoms with Crippen molar-refractivity contribution in [3.05, 3.63) is 28.6 Å². The van der Waals surface area contributed by atoms with Crippen LogP contribution in [0.2, 0.25) is 0 Å². The molecule has 1 saturated carbocycles. The Labute approximate surface area is 157 Å². The topological polar surface area (TPSA) is 60.7 Å². The molecule has 1 aromatic carbocycles. The van der Waals surface area contributed by atoms with E-state index in [4.69, 9.17) is 4.74 Å². The van der Waals surface area contributed by atoms with Gasteiger partial charge in [-0.25, -0.2) is 0 Å². The minimum absolute atomic E-state index is 0.0638. The molecule has 0 bridgehead atoms. The van der Waals surface area contributed by atoms with Crippen molar-refractivity contribution >= 4 is 33.4 Å². The molecular formula is C20H26N2O3S. The number of aryl methyl sites for hydroxylation is 1. The van der Waals surface area contributed by atoms with Crippen LogP contribution in [-0.2, 0) is 20.9 Å². The van der Waals surface area contributed by atoms with Gasteiger partial charge in [-0.2, -0.15) is 4.99 Å². The molecule has 0 N–H and O–H groups in total. The highest BCUT2D eigenvalue weighted by atomic mass is 32.1. The molecule has 1 aliphatic rings. The summed E-state index contributed by atoms with van der Waals surface area (Å²) in [6.07, 6.45) is 7.76. The number of carbonyl (C=O) groups is 2. The molecule has 0 saturated heterocycles. The molecule has 140 valence electrons. The summed E-state index contributed by atoms with van der Waals surface area (Å²) >= 11 is 1.45. The fourth-order valence-electron chi connectivity index (χ4n) is 3.58. The van der Waals surface area contributed by atoms with Crippen LogP contribution in [0, 0.1) is 12.8 Å². The van der Waals surface area contributed by atoms with E-state index in [-0.39, 0.29) is 18.4 Å². The summed E-state index contributed by atoms with van der Waals surface area (Å²) in [5.74, 6) is 0.217. The second-order valence-corrected chi connectivity index (χ2v) is 8.08. The van der Waals surface area contributed by atoms with Crippen molar-refractivity contribution in [2.75, 3.05) is 7.11 Å². The standard InChI is InChI=1S/C20H26N2O3S/c1-14-8-10-16-17(12-14)26-20(22(16)13-19(24)25-2)21-18(23)11-9-15-6-4-3-5-7-15/h8,10,12,15H,3-7,9,11,13H2,1-2H3. The number of amides is 1. The first-order valence-electron chi connectivity index (χ1n) is 9.31. The summed E-state index contributed by atoms with van der Waals surface area (Å²) < 4.78 is 7.60. The molecule has 1 aromatic heterocycles. The Morgan fingerprint density at radius 1 is 1.27 bits per heavy atom.